The molecule has 0 radical (unpaired) electrons. The van der Waals surface area contributed by atoms with Crippen LogP contribution in [0, 0.1) is 10.1 Å². The highest BCUT2D eigenvalue weighted by atomic mass is 32.2. The summed E-state index contributed by atoms with van der Waals surface area (Å²) >= 11 is 0. The molecule has 3 nitrogen and oxygen atoms in total. The molecule has 0 aliphatic heterocycles. The zero-order valence-corrected chi connectivity index (χ0v) is 9.95. The van der Waals surface area contributed by atoms with Gasteiger partial charge in [-0.05, 0) is 12.1 Å². The van der Waals surface area contributed by atoms with Crippen LogP contribution >= 0.6 is 0 Å². The van der Waals surface area contributed by atoms with Crippen molar-refractivity contribution in [2.24, 2.45) is 0 Å². The Morgan fingerprint density at radius 3 is 2.25 bits per heavy atom. The Kier molecular flexibility index (Phi) is 2.83. The molecule has 16 heavy (non-hydrogen) atoms. The minimum Gasteiger partial charge on any atom is -0.258 e. The molecule has 2 rings (SSSR count). The van der Waals surface area contributed by atoms with E-state index in [1.54, 1.807) is 6.07 Å². The smallest absolute Gasteiger partial charge is 0.258 e. The van der Waals surface area contributed by atoms with Crippen molar-refractivity contribution in [1.29, 1.82) is 0 Å². The predicted octanol–water partition coefficient (Wildman–Crippen LogP) is 2.98. The molecule has 0 N–H and O–H groups in total. The van der Waals surface area contributed by atoms with Gasteiger partial charge >= 0.3 is 0 Å². The van der Waals surface area contributed by atoms with Crippen LogP contribution in [0.15, 0.2) is 41.3 Å². The Morgan fingerprint density at radius 1 is 1.06 bits per heavy atom. The molecule has 0 heterocycles. The van der Waals surface area contributed by atoms with Crippen molar-refractivity contribution in [2.75, 3.05) is 12.5 Å². The first-order valence-electron chi connectivity index (χ1n) is 4.85. The van der Waals surface area contributed by atoms with Crippen molar-refractivity contribution in [3.05, 3.63) is 46.5 Å². The predicted molar refractivity (Wildman–Crippen MR) is 68.1 cm³/mol. The van der Waals surface area contributed by atoms with Crippen LogP contribution in [0.4, 0.5) is 5.69 Å². The van der Waals surface area contributed by atoms with Gasteiger partial charge < -0.3 is 0 Å². The van der Waals surface area contributed by atoms with E-state index >= 15 is 0 Å². The molecule has 0 aromatic heterocycles. The maximum atomic E-state index is 10.9. The molecule has 0 atom stereocenters. The third kappa shape index (κ3) is 1.76. The van der Waals surface area contributed by atoms with Crippen molar-refractivity contribution in [3.8, 4) is 0 Å². The summed E-state index contributed by atoms with van der Waals surface area (Å²) in [5.41, 5.74) is 0.185. The number of hydrogen-bond donors (Lipinski definition) is 0. The zero-order chi connectivity index (χ0) is 11.7. The van der Waals surface area contributed by atoms with E-state index in [0.29, 0.717) is 0 Å². The molecule has 0 saturated heterocycles. The lowest BCUT2D eigenvalue weighted by molar-refractivity contribution is -0.383. The van der Waals surface area contributed by atoms with Gasteiger partial charge in [0.15, 0.2) is 4.90 Å². The second-order valence-corrected chi connectivity index (χ2v) is 5.77. The topological polar surface area (TPSA) is 43.1 Å². The molecule has 4 heteroatoms. The SMILES string of the molecule is C[S+](C)c1ccc([N+](=O)[O-])c2ccccc12. The van der Waals surface area contributed by atoms with Crippen LogP contribution in [0.3, 0.4) is 0 Å². The number of nitro benzene ring substituents is 1. The number of non-ortho nitro benzene ring substituents is 1. The van der Waals surface area contributed by atoms with Gasteiger partial charge in [-0.15, -0.1) is 0 Å². The van der Waals surface area contributed by atoms with Crippen LogP contribution in [0.25, 0.3) is 10.8 Å². The van der Waals surface area contributed by atoms with Crippen LogP contribution in [0.2, 0.25) is 0 Å². The second-order valence-electron chi connectivity index (χ2n) is 3.70. The van der Waals surface area contributed by atoms with Crippen molar-refractivity contribution in [1.82, 2.24) is 0 Å². The first-order chi connectivity index (χ1) is 7.61. The molecule has 2 aromatic carbocycles. The van der Waals surface area contributed by atoms with E-state index in [-0.39, 0.29) is 21.5 Å². The summed E-state index contributed by atoms with van der Waals surface area (Å²) in [6.45, 7) is 0. The van der Waals surface area contributed by atoms with E-state index in [9.17, 15) is 10.1 Å². The number of nitrogens with zero attached hydrogens (tertiary/aromatic N) is 1. The summed E-state index contributed by atoms with van der Waals surface area (Å²) in [6, 6.07) is 11.0. The van der Waals surface area contributed by atoms with Gasteiger partial charge in [-0.25, -0.2) is 0 Å². The van der Waals surface area contributed by atoms with Crippen LogP contribution in [-0.2, 0) is 10.9 Å². The number of rotatable bonds is 2. The maximum absolute atomic E-state index is 10.9. The lowest BCUT2D eigenvalue weighted by Crippen LogP contribution is -1.98. The first kappa shape index (κ1) is 11.0. The van der Waals surface area contributed by atoms with E-state index in [1.807, 2.05) is 30.3 Å². The molecule has 82 valence electrons. The largest absolute Gasteiger partial charge is 0.277 e. The summed E-state index contributed by atoms with van der Waals surface area (Å²) in [5.74, 6) is 0. The van der Waals surface area contributed by atoms with Gasteiger partial charge in [-0.1, -0.05) is 12.1 Å². The second kappa shape index (κ2) is 4.14. The van der Waals surface area contributed by atoms with Gasteiger partial charge in [0.05, 0.1) is 10.3 Å². The molecule has 0 amide bonds. The molecule has 0 fully saturated rings. The normalized spacial score (nSPS) is 10.9. The standard InChI is InChI=1S/C12H12NO2S/c1-16(2)12-8-7-11(13(14)15)9-5-3-4-6-10(9)12/h3-8H,1-2H3/q+1. The Hall–Kier alpha value is -1.55. The molecule has 0 bridgehead atoms. The van der Waals surface area contributed by atoms with Crippen LogP contribution in [0.5, 0.6) is 0 Å². The average Bonchev–Trinajstić information content (AvgIpc) is 2.27. The molecule has 0 unspecified atom stereocenters. The van der Waals surface area contributed by atoms with Gasteiger partial charge in [-0.2, -0.15) is 0 Å². The monoisotopic (exact) mass is 234 g/mol. The van der Waals surface area contributed by atoms with Gasteiger partial charge in [-0.3, -0.25) is 10.1 Å². The quantitative estimate of drug-likeness (QED) is 0.455. The number of benzene rings is 2. The Morgan fingerprint density at radius 2 is 1.69 bits per heavy atom. The van der Waals surface area contributed by atoms with Gasteiger partial charge in [0.2, 0.25) is 0 Å². The highest BCUT2D eigenvalue weighted by molar-refractivity contribution is 7.95. The van der Waals surface area contributed by atoms with Crippen molar-refractivity contribution in [2.45, 2.75) is 4.90 Å². The molecular formula is C12H12NO2S+. The lowest BCUT2D eigenvalue weighted by atomic mass is 10.1. The summed E-state index contributed by atoms with van der Waals surface area (Å²) in [6.07, 6.45) is 4.24. The van der Waals surface area contributed by atoms with E-state index in [0.717, 1.165) is 10.8 Å². The number of hydrogen-bond acceptors (Lipinski definition) is 2. The van der Waals surface area contributed by atoms with E-state index in [4.69, 9.17) is 0 Å². The number of fused-ring (bicyclic) bond motifs is 1. The summed E-state index contributed by atoms with van der Waals surface area (Å²) in [4.78, 5) is 11.8. The minimum absolute atomic E-state index is 0.102. The Bertz CT molecular complexity index is 552. The molecule has 0 aliphatic rings. The van der Waals surface area contributed by atoms with E-state index < -0.39 is 0 Å². The maximum Gasteiger partial charge on any atom is 0.277 e. The fourth-order valence-corrected chi connectivity index (χ4v) is 2.73. The minimum atomic E-state index is -0.324. The zero-order valence-electron chi connectivity index (χ0n) is 9.14. The molecule has 2 aromatic rings. The van der Waals surface area contributed by atoms with Gasteiger partial charge in [0.1, 0.15) is 12.5 Å². The van der Waals surface area contributed by atoms with Gasteiger partial charge in [0, 0.05) is 28.4 Å². The first-order valence-corrected chi connectivity index (χ1v) is 6.89. The fourth-order valence-electron chi connectivity index (χ4n) is 1.77. The van der Waals surface area contributed by atoms with Crippen molar-refractivity contribution in [3.63, 3.8) is 0 Å². The lowest BCUT2D eigenvalue weighted by Gasteiger charge is -2.03. The third-order valence-corrected chi connectivity index (χ3v) is 3.73. The Balaban J connectivity index is 2.82. The molecule has 0 spiro atoms. The molecular weight excluding hydrogens is 222 g/mol. The van der Waals surface area contributed by atoms with Crippen molar-refractivity contribution < 1.29 is 4.92 Å². The van der Waals surface area contributed by atoms with Gasteiger partial charge in [0.25, 0.3) is 5.69 Å². The fraction of sp³-hybridized carbons (Fsp3) is 0.167. The third-order valence-electron chi connectivity index (χ3n) is 2.50. The Labute approximate surface area is 96.6 Å². The van der Waals surface area contributed by atoms with E-state index in [2.05, 4.69) is 12.5 Å². The average molecular weight is 234 g/mol. The van der Waals surface area contributed by atoms with Crippen LogP contribution in [0.1, 0.15) is 0 Å². The van der Waals surface area contributed by atoms with E-state index in [1.165, 1.54) is 4.90 Å². The van der Waals surface area contributed by atoms with Crippen molar-refractivity contribution >= 4 is 27.4 Å². The highest BCUT2D eigenvalue weighted by Crippen LogP contribution is 2.30. The summed E-state index contributed by atoms with van der Waals surface area (Å²) < 4.78 is 0. The highest BCUT2D eigenvalue weighted by Gasteiger charge is 2.19. The molecule has 0 aliphatic carbocycles. The summed E-state index contributed by atoms with van der Waals surface area (Å²) in [7, 11) is 0.102. The van der Waals surface area contributed by atoms with Crippen LogP contribution in [-0.4, -0.2) is 17.4 Å². The molecule has 0 saturated carbocycles. The number of nitro groups is 1. The summed E-state index contributed by atoms with van der Waals surface area (Å²) in [5, 5.41) is 12.6. The van der Waals surface area contributed by atoms with Crippen LogP contribution < -0.4 is 0 Å².